The molecule has 1 N–H and O–H groups in total. The van der Waals surface area contributed by atoms with Crippen LogP contribution in [0.4, 0.5) is 4.79 Å². The monoisotopic (exact) mass is 404 g/mol. The first-order chi connectivity index (χ1) is 14.3. The third-order valence-electron chi connectivity index (χ3n) is 5.68. The van der Waals surface area contributed by atoms with Gasteiger partial charge in [-0.05, 0) is 63.4 Å². The van der Waals surface area contributed by atoms with Crippen molar-refractivity contribution in [1.29, 1.82) is 0 Å². The molecule has 1 fully saturated rings. The Morgan fingerprint density at radius 3 is 2.60 bits per heavy atom. The van der Waals surface area contributed by atoms with Crippen molar-refractivity contribution in [3.05, 3.63) is 71.9 Å². The number of ether oxygens (including phenoxy) is 1. The lowest BCUT2D eigenvalue weighted by molar-refractivity contribution is 0.00875. The van der Waals surface area contributed by atoms with Crippen LogP contribution < -0.4 is 0 Å². The van der Waals surface area contributed by atoms with E-state index in [0.717, 1.165) is 22.9 Å². The van der Waals surface area contributed by atoms with Crippen LogP contribution in [0.1, 0.15) is 49.5 Å². The van der Waals surface area contributed by atoms with E-state index in [1.165, 1.54) is 0 Å². The zero-order chi connectivity index (χ0) is 21.4. The fourth-order valence-corrected chi connectivity index (χ4v) is 4.36. The van der Waals surface area contributed by atoms with Crippen LogP contribution >= 0.6 is 0 Å². The Hall–Kier alpha value is -3.08. The highest BCUT2D eigenvalue weighted by Crippen LogP contribution is 2.37. The topological polar surface area (TPSA) is 62.4 Å². The lowest BCUT2D eigenvalue weighted by Crippen LogP contribution is -2.55. The van der Waals surface area contributed by atoms with E-state index in [1.54, 1.807) is 4.90 Å². The highest BCUT2D eigenvalue weighted by atomic mass is 16.6. The minimum atomic E-state index is -0.951. The summed E-state index contributed by atoms with van der Waals surface area (Å²) < 4.78 is 5.69. The molecule has 1 atom stereocenters. The maximum absolute atomic E-state index is 14.0. The van der Waals surface area contributed by atoms with Gasteiger partial charge in [-0.1, -0.05) is 30.3 Å². The molecule has 4 rings (SSSR count). The van der Waals surface area contributed by atoms with Gasteiger partial charge >= 0.3 is 6.09 Å². The van der Waals surface area contributed by atoms with Crippen LogP contribution in [0.25, 0.3) is 10.9 Å². The number of aromatic nitrogens is 1. The predicted octanol–water partition coefficient (Wildman–Crippen LogP) is 5.36. The van der Waals surface area contributed by atoms with Crippen molar-refractivity contribution in [2.75, 3.05) is 6.54 Å². The van der Waals surface area contributed by atoms with Crippen molar-refractivity contribution in [2.45, 2.75) is 51.2 Å². The van der Waals surface area contributed by atoms with E-state index in [4.69, 9.17) is 4.74 Å². The summed E-state index contributed by atoms with van der Waals surface area (Å²) in [5.41, 5.74) is 1.07. The Kier molecular flexibility index (Phi) is 5.14. The first-order valence-electron chi connectivity index (χ1n) is 10.4. The van der Waals surface area contributed by atoms with E-state index in [2.05, 4.69) is 4.98 Å². The lowest BCUT2D eigenvalue weighted by Gasteiger charge is -2.38. The summed E-state index contributed by atoms with van der Waals surface area (Å²) in [5, 5.41) is 0.984. The van der Waals surface area contributed by atoms with Crippen molar-refractivity contribution >= 4 is 22.8 Å². The van der Waals surface area contributed by atoms with E-state index in [9.17, 15) is 9.59 Å². The maximum atomic E-state index is 14.0. The van der Waals surface area contributed by atoms with Gasteiger partial charge in [-0.3, -0.25) is 9.69 Å². The highest BCUT2D eigenvalue weighted by molar-refractivity contribution is 6.07. The number of likely N-dealkylation sites (tertiary alicyclic amines) is 1. The molecule has 30 heavy (non-hydrogen) atoms. The quantitative estimate of drug-likeness (QED) is 0.595. The molecule has 0 radical (unpaired) electrons. The van der Waals surface area contributed by atoms with Gasteiger partial charge in [0.05, 0.1) is 0 Å². The number of hydrogen-bond acceptors (Lipinski definition) is 3. The Morgan fingerprint density at radius 1 is 1.10 bits per heavy atom. The normalized spacial score (nSPS) is 19.2. The summed E-state index contributed by atoms with van der Waals surface area (Å²) >= 11 is 0. The van der Waals surface area contributed by atoms with Crippen molar-refractivity contribution < 1.29 is 14.3 Å². The van der Waals surface area contributed by atoms with E-state index in [0.29, 0.717) is 24.9 Å². The van der Waals surface area contributed by atoms with Gasteiger partial charge in [-0.15, -0.1) is 0 Å². The number of carbonyl (C=O) groups is 2. The van der Waals surface area contributed by atoms with Crippen LogP contribution in [0.2, 0.25) is 0 Å². The molecule has 1 aliphatic rings. The Bertz CT molecular complexity index is 1060. The molecule has 1 saturated heterocycles. The molecule has 0 aliphatic carbocycles. The summed E-state index contributed by atoms with van der Waals surface area (Å²) in [6.07, 6.45) is 3.29. The highest BCUT2D eigenvalue weighted by Gasteiger charge is 2.50. The molecule has 3 aromatic rings. The van der Waals surface area contributed by atoms with Crippen molar-refractivity contribution in [3.8, 4) is 0 Å². The number of carbonyl (C=O) groups excluding carboxylic acids is 2. The molecule has 5 nitrogen and oxygen atoms in total. The number of fused-ring (bicyclic) bond motifs is 1. The van der Waals surface area contributed by atoms with Crippen LogP contribution in [-0.4, -0.2) is 39.4 Å². The number of hydrogen-bond donors (Lipinski definition) is 1. The van der Waals surface area contributed by atoms with Gasteiger partial charge in [0.25, 0.3) is 0 Å². The molecule has 0 saturated carbocycles. The second kappa shape index (κ2) is 7.63. The van der Waals surface area contributed by atoms with Crippen LogP contribution in [0.3, 0.4) is 0 Å². The number of rotatable bonds is 4. The van der Waals surface area contributed by atoms with Gasteiger partial charge in [0.2, 0.25) is 0 Å². The fourth-order valence-electron chi connectivity index (χ4n) is 4.36. The number of ketones is 1. The van der Waals surface area contributed by atoms with Crippen LogP contribution in [0, 0.1) is 0 Å². The molecule has 156 valence electrons. The first kappa shape index (κ1) is 20.2. The van der Waals surface area contributed by atoms with Gasteiger partial charge in [-0.2, -0.15) is 0 Å². The maximum Gasteiger partial charge on any atom is 0.411 e. The van der Waals surface area contributed by atoms with Crippen molar-refractivity contribution in [3.63, 3.8) is 0 Å². The summed E-state index contributed by atoms with van der Waals surface area (Å²) in [4.78, 5) is 31.9. The van der Waals surface area contributed by atoms with Crippen LogP contribution in [0.5, 0.6) is 0 Å². The van der Waals surface area contributed by atoms with Crippen LogP contribution in [-0.2, 0) is 11.2 Å². The second-order valence-electron chi connectivity index (χ2n) is 9.04. The molecule has 5 heteroatoms. The molecule has 1 unspecified atom stereocenters. The zero-order valence-corrected chi connectivity index (χ0v) is 17.8. The summed E-state index contributed by atoms with van der Waals surface area (Å²) in [6, 6.07) is 17.5. The number of nitrogens with one attached hydrogen (secondary N) is 1. The second-order valence-corrected chi connectivity index (χ2v) is 9.04. The van der Waals surface area contributed by atoms with E-state index >= 15 is 0 Å². The molecule has 1 amide bonds. The number of nitrogens with zero attached hydrogens (tertiary/aromatic N) is 1. The standard InChI is InChI=1S/C25H28N2O3/c1-24(2,3)30-23(29)27-15-7-13-25(27,17-18-8-5-4-6-9-18)22(28)20-10-11-21-19(16-20)12-14-26-21/h4-6,8-12,14,16,26H,7,13,15,17H2,1-3H3. The van der Waals surface area contributed by atoms with E-state index in [1.807, 2.05) is 81.6 Å². The number of amides is 1. The molecule has 1 aromatic heterocycles. The first-order valence-corrected chi connectivity index (χ1v) is 10.4. The van der Waals surface area contributed by atoms with Crippen molar-refractivity contribution in [2.24, 2.45) is 0 Å². The average molecular weight is 405 g/mol. The van der Waals surface area contributed by atoms with Crippen molar-refractivity contribution in [1.82, 2.24) is 9.88 Å². The Labute approximate surface area is 177 Å². The molecular formula is C25H28N2O3. The molecule has 2 aromatic carbocycles. The fraction of sp³-hybridized carbons (Fsp3) is 0.360. The molecular weight excluding hydrogens is 376 g/mol. The largest absolute Gasteiger partial charge is 0.444 e. The third-order valence-corrected chi connectivity index (χ3v) is 5.68. The van der Waals surface area contributed by atoms with Gasteiger partial charge in [0.1, 0.15) is 11.1 Å². The zero-order valence-electron chi connectivity index (χ0n) is 17.8. The minimum Gasteiger partial charge on any atom is -0.444 e. The summed E-state index contributed by atoms with van der Waals surface area (Å²) in [7, 11) is 0. The van der Waals surface area contributed by atoms with E-state index < -0.39 is 17.2 Å². The molecule has 1 aliphatic heterocycles. The average Bonchev–Trinajstić information content (AvgIpc) is 3.33. The summed E-state index contributed by atoms with van der Waals surface area (Å²) in [6.45, 7) is 6.06. The molecule has 0 spiro atoms. The lowest BCUT2D eigenvalue weighted by atomic mass is 9.81. The molecule has 0 bridgehead atoms. The predicted molar refractivity (Wildman–Crippen MR) is 118 cm³/mol. The SMILES string of the molecule is CC(C)(C)OC(=O)N1CCCC1(Cc1ccccc1)C(=O)c1ccc2[nH]ccc2c1. The van der Waals surface area contributed by atoms with Gasteiger partial charge in [-0.25, -0.2) is 4.79 Å². The smallest absolute Gasteiger partial charge is 0.411 e. The van der Waals surface area contributed by atoms with Gasteiger partial charge in [0.15, 0.2) is 5.78 Å². The van der Waals surface area contributed by atoms with Crippen LogP contribution in [0.15, 0.2) is 60.8 Å². The Balaban J connectivity index is 1.76. The number of H-pyrrole nitrogens is 1. The third kappa shape index (κ3) is 3.84. The Morgan fingerprint density at radius 2 is 1.87 bits per heavy atom. The number of Topliss-reactive ketones (excluding diaryl/α,β-unsaturated/α-hetero) is 1. The van der Waals surface area contributed by atoms with Gasteiger partial charge in [0, 0.05) is 35.6 Å². The van der Waals surface area contributed by atoms with E-state index in [-0.39, 0.29) is 5.78 Å². The number of aromatic amines is 1. The number of benzene rings is 2. The van der Waals surface area contributed by atoms with Gasteiger partial charge < -0.3 is 9.72 Å². The minimum absolute atomic E-state index is 0.0298. The molecule has 2 heterocycles. The summed E-state index contributed by atoms with van der Waals surface area (Å²) in [5.74, 6) is -0.0298.